The van der Waals surface area contributed by atoms with Gasteiger partial charge in [0.2, 0.25) is 24.6 Å². The van der Waals surface area contributed by atoms with Crippen LogP contribution in [0.15, 0.2) is 36.4 Å². The van der Waals surface area contributed by atoms with Crippen molar-refractivity contribution in [3.8, 4) is 0 Å². The first kappa shape index (κ1) is 31.2. The first-order chi connectivity index (χ1) is 19.8. The molecule has 4 rings (SSSR count). The number of aromatic nitrogens is 2. The van der Waals surface area contributed by atoms with Crippen LogP contribution in [-0.2, 0) is 4.79 Å². The number of halogens is 9. The van der Waals surface area contributed by atoms with Gasteiger partial charge in [-0.15, -0.1) is 0 Å². The maximum absolute atomic E-state index is 15.6. The van der Waals surface area contributed by atoms with Crippen LogP contribution in [0.25, 0.3) is 11.0 Å². The molecule has 2 aromatic carbocycles. The Balaban J connectivity index is 1.71. The van der Waals surface area contributed by atoms with Gasteiger partial charge in [-0.05, 0) is 37.0 Å². The van der Waals surface area contributed by atoms with Gasteiger partial charge in [-0.3, -0.25) is 9.59 Å². The molecule has 2 amide bonds. The number of nitrogens with zero attached hydrogens (tertiary/aromatic N) is 1. The second-order valence-corrected chi connectivity index (χ2v) is 10.0. The molecule has 0 saturated heterocycles. The molecule has 0 spiro atoms. The number of rotatable bonds is 10. The number of hydrogen-bond donors (Lipinski definition) is 3. The Morgan fingerprint density at radius 1 is 0.976 bits per heavy atom. The summed E-state index contributed by atoms with van der Waals surface area (Å²) in [6.07, 6.45) is -12.5. The Morgan fingerprint density at radius 3 is 2.26 bits per heavy atom. The number of aromatic amines is 1. The lowest BCUT2D eigenvalue weighted by Gasteiger charge is -2.33. The smallest absolute Gasteiger partial charge is 0.287 e. The molecular formula is C27H25F9N4O2. The molecule has 42 heavy (non-hydrogen) atoms. The molecule has 0 aliphatic heterocycles. The van der Waals surface area contributed by atoms with Crippen molar-refractivity contribution in [2.24, 2.45) is 5.92 Å². The molecule has 1 heterocycles. The molecule has 15 heteroatoms. The molecule has 1 saturated carbocycles. The van der Waals surface area contributed by atoms with Crippen LogP contribution in [0.1, 0.15) is 65.8 Å². The predicted molar refractivity (Wildman–Crippen MR) is 132 cm³/mol. The van der Waals surface area contributed by atoms with Gasteiger partial charge < -0.3 is 15.6 Å². The maximum Gasteiger partial charge on any atom is 0.287 e. The van der Waals surface area contributed by atoms with Crippen molar-refractivity contribution in [1.29, 1.82) is 0 Å². The molecule has 3 atom stereocenters. The number of amides is 2. The Bertz CT molecular complexity index is 1420. The quantitative estimate of drug-likeness (QED) is 0.180. The summed E-state index contributed by atoms with van der Waals surface area (Å²) in [6, 6.07) is 5.95. The summed E-state index contributed by atoms with van der Waals surface area (Å²) < 4.78 is 123. The van der Waals surface area contributed by atoms with Crippen LogP contribution in [0.2, 0.25) is 0 Å². The highest BCUT2D eigenvalue weighted by Gasteiger charge is 2.40. The molecule has 1 aliphatic rings. The minimum atomic E-state index is -3.65. The van der Waals surface area contributed by atoms with E-state index in [9.17, 15) is 44.7 Å². The normalized spacial score (nSPS) is 17.8. The molecule has 6 nitrogen and oxygen atoms in total. The van der Waals surface area contributed by atoms with Crippen LogP contribution >= 0.6 is 0 Å². The lowest BCUT2D eigenvalue weighted by molar-refractivity contribution is -0.127. The second kappa shape index (κ2) is 12.6. The van der Waals surface area contributed by atoms with Crippen LogP contribution in [0.4, 0.5) is 39.5 Å². The molecular weight excluding hydrogens is 583 g/mol. The average molecular weight is 609 g/mol. The first-order valence-corrected chi connectivity index (χ1v) is 12.9. The SMILES string of the molecule is O=C(N[C@H](c1nc2c(F)c([C@@H](CC(F)F)C(=O)NC(F)C(F)F)ccc2[nH]1)C1CCC(F)(F)CC1)c1ccccc1F. The monoisotopic (exact) mass is 608 g/mol. The zero-order valence-electron chi connectivity index (χ0n) is 21.6. The van der Waals surface area contributed by atoms with E-state index < -0.39 is 96.7 Å². The summed E-state index contributed by atoms with van der Waals surface area (Å²) in [4.78, 5) is 32.2. The highest BCUT2D eigenvalue weighted by atomic mass is 19.3. The van der Waals surface area contributed by atoms with E-state index >= 15 is 4.39 Å². The number of alkyl halides is 7. The van der Waals surface area contributed by atoms with Crippen molar-refractivity contribution in [1.82, 2.24) is 20.6 Å². The number of imidazole rings is 1. The van der Waals surface area contributed by atoms with Gasteiger partial charge in [0, 0.05) is 24.8 Å². The van der Waals surface area contributed by atoms with E-state index in [-0.39, 0.29) is 29.7 Å². The van der Waals surface area contributed by atoms with E-state index in [2.05, 4.69) is 15.3 Å². The van der Waals surface area contributed by atoms with E-state index in [0.717, 1.165) is 18.2 Å². The van der Waals surface area contributed by atoms with Crippen LogP contribution in [0.5, 0.6) is 0 Å². The van der Waals surface area contributed by atoms with Crippen LogP contribution in [0, 0.1) is 17.6 Å². The number of benzene rings is 2. The largest absolute Gasteiger partial charge is 0.342 e. The number of carbonyl (C=O) groups excluding carboxylic acids is 2. The Morgan fingerprint density at radius 2 is 1.64 bits per heavy atom. The van der Waals surface area contributed by atoms with Gasteiger partial charge in [-0.1, -0.05) is 18.2 Å². The topological polar surface area (TPSA) is 86.9 Å². The Kier molecular flexibility index (Phi) is 9.36. The summed E-state index contributed by atoms with van der Waals surface area (Å²) >= 11 is 0. The van der Waals surface area contributed by atoms with Crippen LogP contribution < -0.4 is 10.6 Å². The van der Waals surface area contributed by atoms with Crippen molar-refractivity contribution < 1.29 is 49.1 Å². The first-order valence-electron chi connectivity index (χ1n) is 12.9. The van der Waals surface area contributed by atoms with Gasteiger partial charge in [0.05, 0.1) is 23.0 Å². The van der Waals surface area contributed by atoms with E-state index in [4.69, 9.17) is 0 Å². The third-order valence-electron chi connectivity index (χ3n) is 7.18. The highest BCUT2D eigenvalue weighted by molar-refractivity contribution is 5.94. The van der Waals surface area contributed by atoms with Gasteiger partial charge in [-0.2, -0.15) is 0 Å². The molecule has 228 valence electrons. The standard InChI is InChI=1S/C27H25F9N4O2/c28-16-4-2-1-3-14(16)25(41)39-20(12-7-9-27(35,36)10-8-12)24-37-17-6-5-13(19(31)21(17)38-24)15(11-18(29)30)26(42)40-23(34)22(32)33/h1-6,12,15,18,20,22-23H,7-11H2,(H,37,38)(H,39,41)(H,40,42)/t15-,20+,23?/m1/s1. The van der Waals surface area contributed by atoms with E-state index in [1.54, 1.807) is 0 Å². The summed E-state index contributed by atoms with van der Waals surface area (Å²) in [6.45, 7) is 0. The van der Waals surface area contributed by atoms with E-state index in [1.165, 1.54) is 23.5 Å². The lowest BCUT2D eigenvalue weighted by Crippen LogP contribution is -2.40. The van der Waals surface area contributed by atoms with Crippen LogP contribution in [-0.4, -0.2) is 46.9 Å². The van der Waals surface area contributed by atoms with Gasteiger partial charge in [0.25, 0.3) is 12.3 Å². The van der Waals surface area contributed by atoms with Gasteiger partial charge >= 0.3 is 0 Å². The van der Waals surface area contributed by atoms with Crippen molar-refractivity contribution in [3.63, 3.8) is 0 Å². The van der Waals surface area contributed by atoms with Gasteiger partial charge in [0.1, 0.15) is 17.2 Å². The maximum atomic E-state index is 15.6. The molecule has 1 fully saturated rings. The van der Waals surface area contributed by atoms with Crippen LogP contribution in [0.3, 0.4) is 0 Å². The summed E-state index contributed by atoms with van der Waals surface area (Å²) in [5.74, 6) is -10.4. The zero-order valence-corrected chi connectivity index (χ0v) is 21.6. The average Bonchev–Trinajstić information content (AvgIpc) is 3.36. The number of H-pyrrole nitrogens is 1. The Labute approximate surface area is 233 Å². The number of fused-ring (bicyclic) bond motifs is 1. The molecule has 1 aromatic heterocycles. The fourth-order valence-corrected chi connectivity index (χ4v) is 5.02. The van der Waals surface area contributed by atoms with Crippen molar-refractivity contribution in [2.75, 3.05) is 0 Å². The van der Waals surface area contributed by atoms with Gasteiger partial charge in [0.15, 0.2) is 5.82 Å². The fraction of sp³-hybridized carbons (Fsp3) is 0.444. The van der Waals surface area contributed by atoms with E-state index in [0.29, 0.717) is 0 Å². The molecule has 1 unspecified atom stereocenters. The summed E-state index contributed by atoms with van der Waals surface area (Å²) in [7, 11) is 0. The molecule has 3 N–H and O–H groups in total. The lowest BCUT2D eigenvalue weighted by atomic mass is 9.81. The van der Waals surface area contributed by atoms with Crippen molar-refractivity contribution in [3.05, 3.63) is 65.0 Å². The summed E-state index contributed by atoms with van der Waals surface area (Å²) in [5, 5.41) is 3.82. The third-order valence-corrected chi connectivity index (χ3v) is 7.18. The summed E-state index contributed by atoms with van der Waals surface area (Å²) in [5.41, 5.74) is -1.55. The number of carbonyl (C=O) groups is 2. The predicted octanol–water partition coefficient (Wildman–Crippen LogP) is 6.55. The van der Waals surface area contributed by atoms with Crippen molar-refractivity contribution in [2.45, 2.75) is 69.1 Å². The number of nitrogens with one attached hydrogen (secondary N) is 3. The fourth-order valence-electron chi connectivity index (χ4n) is 5.02. The van der Waals surface area contributed by atoms with Crippen molar-refractivity contribution >= 4 is 22.8 Å². The van der Waals surface area contributed by atoms with Gasteiger partial charge in [-0.25, -0.2) is 44.5 Å². The molecule has 3 aromatic rings. The Hall–Kier alpha value is -3.78. The molecule has 0 bridgehead atoms. The minimum absolute atomic E-state index is 0.0373. The molecule has 1 aliphatic carbocycles. The molecule has 0 radical (unpaired) electrons. The van der Waals surface area contributed by atoms with E-state index in [1.807, 2.05) is 0 Å². The third kappa shape index (κ3) is 6.98. The zero-order chi connectivity index (χ0) is 30.8. The highest BCUT2D eigenvalue weighted by Crippen LogP contribution is 2.41. The number of hydrogen-bond acceptors (Lipinski definition) is 3. The second-order valence-electron chi connectivity index (χ2n) is 10.0. The minimum Gasteiger partial charge on any atom is -0.342 e.